The van der Waals surface area contributed by atoms with E-state index in [-0.39, 0.29) is 0 Å². The summed E-state index contributed by atoms with van der Waals surface area (Å²) >= 11 is 4.73. The lowest BCUT2D eigenvalue weighted by Gasteiger charge is -2.03. The summed E-state index contributed by atoms with van der Waals surface area (Å²) in [4.78, 5) is 0. The van der Waals surface area contributed by atoms with Crippen LogP contribution in [0.5, 0.6) is 0 Å². The highest BCUT2D eigenvalue weighted by atomic mass is 32.1. The summed E-state index contributed by atoms with van der Waals surface area (Å²) in [5.41, 5.74) is 3.40. The third kappa shape index (κ3) is 9.70. The summed E-state index contributed by atoms with van der Waals surface area (Å²) in [7, 11) is 0. The van der Waals surface area contributed by atoms with Crippen LogP contribution in [0, 0.1) is 0 Å². The molecular weight excluding hydrogens is 224 g/mol. The van der Waals surface area contributed by atoms with Gasteiger partial charge in [0, 0.05) is 5.37 Å². The minimum atomic E-state index is 1.03. The molecule has 0 aromatic carbocycles. The van der Waals surface area contributed by atoms with Crippen molar-refractivity contribution in [1.82, 2.24) is 0 Å². The van der Waals surface area contributed by atoms with E-state index in [9.17, 15) is 0 Å². The Hall–Kier alpha value is -1.21. The second kappa shape index (κ2) is 12.9. The number of hydrogen-bond donors (Lipinski definition) is 0. The predicted molar refractivity (Wildman–Crippen MR) is 85.6 cm³/mol. The first-order valence-electron chi connectivity index (χ1n) is 5.91. The first kappa shape index (κ1) is 18.2. The summed E-state index contributed by atoms with van der Waals surface area (Å²) in [5.74, 6) is 0. The van der Waals surface area contributed by atoms with Gasteiger partial charge in [-0.05, 0) is 37.5 Å². The van der Waals surface area contributed by atoms with Crippen LogP contribution >= 0.6 is 12.2 Å². The van der Waals surface area contributed by atoms with Gasteiger partial charge in [-0.15, -0.1) is 0 Å². The van der Waals surface area contributed by atoms with Crippen molar-refractivity contribution in [3.05, 3.63) is 59.8 Å². The molecule has 0 aliphatic heterocycles. The van der Waals surface area contributed by atoms with E-state index in [1.54, 1.807) is 5.37 Å². The molecule has 0 saturated heterocycles. The topological polar surface area (TPSA) is 0 Å². The summed E-state index contributed by atoms with van der Waals surface area (Å²) in [6.07, 6.45) is 11.8. The zero-order valence-corrected chi connectivity index (χ0v) is 12.5. The molecule has 0 rings (SSSR count). The van der Waals surface area contributed by atoms with Crippen molar-refractivity contribution in [2.24, 2.45) is 0 Å². The molecule has 0 unspecified atom stereocenters. The maximum absolute atomic E-state index is 4.73. The SMILES string of the molecule is C=C(/C=C\C=C/C)/C(C)=C(C)/C=C\C=S.CC. The third-order valence-electron chi connectivity index (χ3n) is 2.10. The van der Waals surface area contributed by atoms with E-state index in [1.807, 2.05) is 57.2 Å². The highest BCUT2D eigenvalue weighted by Crippen LogP contribution is 2.14. The Kier molecular flexibility index (Phi) is 13.7. The Balaban J connectivity index is 0. The quantitative estimate of drug-likeness (QED) is 0.347. The average molecular weight is 248 g/mol. The van der Waals surface area contributed by atoms with Crippen LogP contribution < -0.4 is 0 Å². The van der Waals surface area contributed by atoms with Crippen LogP contribution in [-0.4, -0.2) is 5.37 Å². The fraction of sp³-hybridized carbons (Fsp3) is 0.312. The molecule has 94 valence electrons. The van der Waals surface area contributed by atoms with Gasteiger partial charge in [0.2, 0.25) is 0 Å². The Labute approximate surface area is 112 Å². The van der Waals surface area contributed by atoms with E-state index in [0.29, 0.717) is 0 Å². The van der Waals surface area contributed by atoms with Crippen molar-refractivity contribution in [3.63, 3.8) is 0 Å². The fourth-order valence-corrected chi connectivity index (χ4v) is 1.05. The standard InChI is InChI=1S/C14H18S.C2H6/c1-5-6-7-9-12(2)14(4)13(3)10-8-11-15;1-2/h5-11H,2H2,1,3-4H3;1-2H3/b6-5-,9-7-,10-8-,14-13+;. The smallest absolute Gasteiger partial charge is 0.00136 e. The van der Waals surface area contributed by atoms with Crippen LogP contribution in [0.25, 0.3) is 0 Å². The van der Waals surface area contributed by atoms with Gasteiger partial charge in [-0.3, -0.25) is 0 Å². The van der Waals surface area contributed by atoms with Crippen molar-refractivity contribution in [2.45, 2.75) is 34.6 Å². The Morgan fingerprint density at radius 2 is 1.59 bits per heavy atom. The van der Waals surface area contributed by atoms with Crippen LogP contribution in [0.3, 0.4) is 0 Å². The minimum Gasteiger partial charge on any atom is -0.0915 e. The third-order valence-corrected chi connectivity index (χ3v) is 2.26. The molecule has 0 atom stereocenters. The van der Waals surface area contributed by atoms with Crippen molar-refractivity contribution < 1.29 is 0 Å². The highest BCUT2D eigenvalue weighted by molar-refractivity contribution is 7.79. The first-order valence-corrected chi connectivity index (χ1v) is 6.38. The van der Waals surface area contributed by atoms with Gasteiger partial charge in [-0.2, -0.15) is 0 Å². The van der Waals surface area contributed by atoms with E-state index in [0.717, 1.165) is 5.57 Å². The minimum absolute atomic E-state index is 1.03. The zero-order chi connectivity index (χ0) is 13.7. The molecule has 0 radical (unpaired) electrons. The van der Waals surface area contributed by atoms with Crippen molar-refractivity contribution in [1.29, 1.82) is 0 Å². The van der Waals surface area contributed by atoms with E-state index in [2.05, 4.69) is 20.4 Å². The maximum atomic E-state index is 4.73. The van der Waals surface area contributed by atoms with E-state index >= 15 is 0 Å². The van der Waals surface area contributed by atoms with Crippen LogP contribution in [0.1, 0.15) is 34.6 Å². The molecule has 1 heteroatoms. The first-order chi connectivity index (χ1) is 8.13. The van der Waals surface area contributed by atoms with E-state index in [4.69, 9.17) is 12.2 Å². The van der Waals surface area contributed by atoms with Crippen LogP contribution in [-0.2, 0) is 0 Å². The highest BCUT2D eigenvalue weighted by Gasteiger charge is 1.94. The number of rotatable bonds is 5. The predicted octanol–water partition coefficient (Wildman–Crippen LogP) is 5.59. The Morgan fingerprint density at radius 3 is 2.06 bits per heavy atom. The molecule has 0 N–H and O–H groups in total. The van der Waals surface area contributed by atoms with Gasteiger partial charge < -0.3 is 0 Å². The number of hydrogen-bond acceptors (Lipinski definition) is 1. The molecule has 0 saturated carbocycles. The monoisotopic (exact) mass is 248 g/mol. The molecule has 0 aromatic rings. The van der Waals surface area contributed by atoms with Crippen molar-refractivity contribution in [3.8, 4) is 0 Å². The second-order valence-electron chi connectivity index (χ2n) is 3.21. The summed E-state index contributed by atoms with van der Waals surface area (Å²) in [6.45, 7) is 14.1. The van der Waals surface area contributed by atoms with Gasteiger partial charge >= 0.3 is 0 Å². The summed E-state index contributed by atoms with van der Waals surface area (Å²) < 4.78 is 0. The molecule has 0 bridgehead atoms. The van der Waals surface area contributed by atoms with Gasteiger partial charge in [0.1, 0.15) is 0 Å². The Morgan fingerprint density at radius 1 is 1.00 bits per heavy atom. The van der Waals surface area contributed by atoms with Crippen LogP contribution in [0.15, 0.2) is 59.8 Å². The molecule has 0 nitrogen and oxygen atoms in total. The molecular formula is C16H24S. The van der Waals surface area contributed by atoms with Crippen molar-refractivity contribution in [2.75, 3.05) is 0 Å². The molecule has 0 spiro atoms. The molecule has 0 aliphatic rings. The van der Waals surface area contributed by atoms with Crippen LogP contribution in [0.4, 0.5) is 0 Å². The summed E-state index contributed by atoms with van der Waals surface area (Å²) in [5, 5.41) is 1.61. The molecule has 0 aromatic heterocycles. The van der Waals surface area contributed by atoms with Crippen molar-refractivity contribution >= 4 is 17.6 Å². The normalized spacial score (nSPS) is 12.5. The van der Waals surface area contributed by atoms with Gasteiger partial charge in [0.15, 0.2) is 0 Å². The molecule has 17 heavy (non-hydrogen) atoms. The van der Waals surface area contributed by atoms with E-state index < -0.39 is 0 Å². The molecule has 0 heterocycles. The fourth-order valence-electron chi connectivity index (χ4n) is 0.970. The zero-order valence-electron chi connectivity index (χ0n) is 11.7. The van der Waals surface area contributed by atoms with Gasteiger partial charge in [0.25, 0.3) is 0 Å². The molecule has 0 fully saturated rings. The van der Waals surface area contributed by atoms with E-state index in [1.165, 1.54) is 11.1 Å². The lowest BCUT2D eigenvalue weighted by molar-refractivity contribution is 1.33. The maximum Gasteiger partial charge on any atom is 0.00136 e. The lowest BCUT2D eigenvalue weighted by atomic mass is 10.0. The number of thiocarbonyl (C=S) groups is 1. The van der Waals surface area contributed by atoms with Gasteiger partial charge in [-0.25, -0.2) is 0 Å². The van der Waals surface area contributed by atoms with Crippen LogP contribution in [0.2, 0.25) is 0 Å². The Bertz CT molecular complexity index is 339. The second-order valence-corrected chi connectivity index (χ2v) is 3.49. The molecule has 0 amide bonds. The largest absolute Gasteiger partial charge is 0.0915 e. The summed E-state index contributed by atoms with van der Waals surface area (Å²) in [6, 6.07) is 0. The van der Waals surface area contributed by atoms with Gasteiger partial charge in [0.05, 0.1) is 0 Å². The lowest BCUT2D eigenvalue weighted by Crippen LogP contribution is -1.83. The molecule has 0 aliphatic carbocycles. The van der Waals surface area contributed by atoms with Gasteiger partial charge in [-0.1, -0.05) is 69.1 Å². The average Bonchev–Trinajstić information content (AvgIpc) is 2.37. The number of allylic oxidation sites excluding steroid dienone is 9.